The lowest BCUT2D eigenvalue weighted by Gasteiger charge is -2.03. The van der Waals surface area contributed by atoms with Gasteiger partial charge in [-0.1, -0.05) is 20.3 Å². The molecule has 1 aromatic heterocycles. The number of aromatic nitrogens is 2. The van der Waals surface area contributed by atoms with E-state index in [9.17, 15) is 0 Å². The van der Waals surface area contributed by atoms with Crippen molar-refractivity contribution in [2.75, 3.05) is 0 Å². The Bertz CT molecular complexity index is 576. The van der Waals surface area contributed by atoms with Crippen LogP contribution in [0.2, 0.25) is 0 Å². The zero-order chi connectivity index (χ0) is 12.4. The van der Waals surface area contributed by atoms with Gasteiger partial charge in [-0.3, -0.25) is 0 Å². The summed E-state index contributed by atoms with van der Waals surface area (Å²) in [6, 6.07) is 0. The van der Waals surface area contributed by atoms with Gasteiger partial charge in [-0.15, -0.1) is 0 Å². The van der Waals surface area contributed by atoms with Crippen LogP contribution < -0.4 is 0 Å². The first kappa shape index (κ1) is 12.3. The van der Waals surface area contributed by atoms with Gasteiger partial charge in [0.15, 0.2) is 0 Å². The summed E-state index contributed by atoms with van der Waals surface area (Å²) < 4.78 is 17.1. The average molecular weight is 266 g/mol. The minimum Gasteiger partial charge on any atom is -0.173 e. The quantitative estimate of drug-likeness (QED) is 0.603. The van der Waals surface area contributed by atoms with E-state index in [-0.39, 0.29) is 0 Å². The molecule has 0 saturated heterocycles. The molecular formula is C11H14N4S2. The maximum Gasteiger partial charge on any atom is 0.110 e. The Morgan fingerprint density at radius 1 is 0.882 bits per heavy atom. The molecule has 0 bridgehead atoms. The van der Waals surface area contributed by atoms with Crippen molar-refractivity contribution < 1.29 is 0 Å². The van der Waals surface area contributed by atoms with Crippen molar-refractivity contribution in [3.8, 4) is 0 Å². The summed E-state index contributed by atoms with van der Waals surface area (Å²) in [5.74, 6) is 0. The fourth-order valence-electron chi connectivity index (χ4n) is 1.59. The molecule has 4 nitrogen and oxygen atoms in total. The van der Waals surface area contributed by atoms with Crippen LogP contribution in [-0.4, -0.2) is 8.75 Å². The van der Waals surface area contributed by atoms with Crippen molar-refractivity contribution in [3.63, 3.8) is 0 Å². The van der Waals surface area contributed by atoms with Crippen molar-refractivity contribution in [3.05, 3.63) is 11.1 Å². The van der Waals surface area contributed by atoms with Gasteiger partial charge in [0.05, 0.1) is 23.1 Å². The molecule has 17 heavy (non-hydrogen) atoms. The zero-order valence-electron chi connectivity index (χ0n) is 10.3. The molecule has 0 aliphatic carbocycles. The Morgan fingerprint density at radius 3 is 1.71 bits per heavy atom. The first-order valence-electron chi connectivity index (χ1n) is 5.54. The van der Waals surface area contributed by atoms with E-state index in [4.69, 9.17) is 0 Å². The molecule has 6 heteroatoms. The Morgan fingerprint density at radius 2 is 1.29 bits per heavy atom. The first-order chi connectivity index (χ1) is 8.20. The van der Waals surface area contributed by atoms with Gasteiger partial charge in [0.2, 0.25) is 0 Å². The number of hydrogen-bond acceptors (Lipinski definition) is 5. The summed E-state index contributed by atoms with van der Waals surface area (Å²) in [6.45, 7) is 8.29. The molecule has 1 aliphatic rings. The maximum absolute atomic E-state index is 4.28. The average Bonchev–Trinajstić information content (AvgIpc) is 2.96. The molecule has 3 rings (SSSR count). The Hall–Kier alpha value is -1.14. The van der Waals surface area contributed by atoms with Gasteiger partial charge < -0.3 is 0 Å². The molecule has 0 radical (unpaired) electrons. The fraction of sp³-hybridized carbons (Fsp3) is 0.455. The van der Waals surface area contributed by atoms with Gasteiger partial charge in [-0.2, -0.15) is 17.5 Å². The van der Waals surface area contributed by atoms with Gasteiger partial charge >= 0.3 is 0 Å². The molecule has 2 heterocycles. The molecule has 0 atom stereocenters. The van der Waals surface area contributed by atoms with E-state index >= 15 is 0 Å². The van der Waals surface area contributed by atoms with Crippen LogP contribution in [0, 0.1) is 13.8 Å². The van der Waals surface area contributed by atoms with Crippen LogP contribution in [0.1, 0.15) is 31.4 Å². The van der Waals surface area contributed by atoms with E-state index < -0.39 is 0 Å². The third-order valence-electron chi connectivity index (χ3n) is 2.40. The summed E-state index contributed by atoms with van der Waals surface area (Å²) in [7, 11) is 0. The Balaban J connectivity index is 0.000000329. The van der Waals surface area contributed by atoms with Gasteiger partial charge in [-0.05, 0) is 13.8 Å². The van der Waals surface area contributed by atoms with Crippen LogP contribution in [0.5, 0.6) is 0 Å². The molecular weight excluding hydrogens is 252 g/mol. The number of hydrogen-bond donors (Lipinski definition) is 0. The van der Waals surface area contributed by atoms with Crippen molar-refractivity contribution in [1.29, 1.82) is 0 Å². The number of aryl methyl sites for hydroxylation is 2. The van der Waals surface area contributed by atoms with Gasteiger partial charge in [0.25, 0.3) is 0 Å². The first-order valence-corrected chi connectivity index (χ1v) is 7.00. The lowest BCUT2D eigenvalue weighted by molar-refractivity contribution is 1.09. The number of benzene rings is 1. The Labute approximate surface area is 108 Å². The van der Waals surface area contributed by atoms with E-state index in [1.165, 1.54) is 29.5 Å². The highest BCUT2D eigenvalue weighted by Gasteiger charge is 2.18. The molecule has 0 amide bonds. The van der Waals surface area contributed by atoms with E-state index in [0.29, 0.717) is 0 Å². The van der Waals surface area contributed by atoms with Crippen LogP contribution in [0.3, 0.4) is 0 Å². The van der Waals surface area contributed by atoms with Crippen LogP contribution in [0.25, 0.3) is 11.0 Å². The highest BCUT2D eigenvalue weighted by Crippen LogP contribution is 2.42. The predicted octanol–water partition coefficient (Wildman–Crippen LogP) is 4.45. The third-order valence-corrected chi connectivity index (χ3v) is 3.45. The third kappa shape index (κ3) is 2.02. The molecule has 2 aromatic rings. The number of fused-ring (bicyclic) bond motifs is 2. The summed E-state index contributed by atoms with van der Waals surface area (Å²) in [6.07, 6.45) is 1.25. The number of rotatable bonds is 0. The minimum absolute atomic E-state index is 0.965. The summed E-state index contributed by atoms with van der Waals surface area (Å²) >= 11 is 2.49. The molecule has 0 unspecified atom stereocenters. The van der Waals surface area contributed by atoms with Gasteiger partial charge in [0, 0.05) is 11.1 Å². The second-order valence-electron chi connectivity index (χ2n) is 3.88. The normalized spacial score (nSPS) is 12.0. The highest BCUT2D eigenvalue weighted by molar-refractivity contribution is 7.58. The summed E-state index contributed by atoms with van der Waals surface area (Å²) in [4.78, 5) is 0. The van der Waals surface area contributed by atoms with Crippen LogP contribution >= 0.6 is 11.7 Å². The summed E-state index contributed by atoms with van der Waals surface area (Å²) in [5, 5.41) is 0. The lowest BCUT2D eigenvalue weighted by atomic mass is 10.1. The second-order valence-corrected chi connectivity index (χ2v) is 4.94. The minimum atomic E-state index is 0.965. The maximum atomic E-state index is 4.28. The van der Waals surface area contributed by atoms with Crippen LogP contribution in [0.4, 0.5) is 11.4 Å². The van der Waals surface area contributed by atoms with Crippen molar-refractivity contribution >= 4 is 45.5 Å². The lowest BCUT2D eigenvalue weighted by Crippen LogP contribution is -1.83. The fourth-order valence-corrected chi connectivity index (χ4v) is 2.89. The Kier molecular flexibility index (Phi) is 3.63. The SMILES string of the molecule is CCC.Cc1c2c(c(C)c3nsnc13)N=S=N2. The topological polar surface area (TPSA) is 50.5 Å². The molecule has 0 fully saturated rings. The van der Waals surface area contributed by atoms with E-state index in [1.807, 2.05) is 13.8 Å². The highest BCUT2D eigenvalue weighted by atomic mass is 32.1. The molecule has 90 valence electrons. The van der Waals surface area contributed by atoms with Gasteiger partial charge in [-0.25, -0.2) is 0 Å². The van der Waals surface area contributed by atoms with Crippen molar-refractivity contribution in [1.82, 2.24) is 8.75 Å². The van der Waals surface area contributed by atoms with Crippen LogP contribution in [0.15, 0.2) is 8.73 Å². The number of nitrogens with zero attached hydrogens (tertiary/aromatic N) is 4. The largest absolute Gasteiger partial charge is 0.173 e. The van der Waals surface area contributed by atoms with E-state index in [1.54, 1.807) is 0 Å². The van der Waals surface area contributed by atoms with E-state index in [0.717, 1.165) is 33.5 Å². The molecule has 0 saturated carbocycles. The molecule has 0 N–H and O–H groups in total. The molecule has 0 spiro atoms. The monoisotopic (exact) mass is 266 g/mol. The smallest absolute Gasteiger partial charge is 0.110 e. The predicted molar refractivity (Wildman–Crippen MR) is 74.4 cm³/mol. The van der Waals surface area contributed by atoms with Crippen LogP contribution in [-0.2, 0) is 11.4 Å². The molecule has 1 aliphatic heterocycles. The summed E-state index contributed by atoms with van der Waals surface area (Å²) in [5.41, 5.74) is 6.03. The van der Waals surface area contributed by atoms with E-state index in [2.05, 4.69) is 31.3 Å². The van der Waals surface area contributed by atoms with Crippen molar-refractivity contribution in [2.24, 2.45) is 8.73 Å². The second kappa shape index (κ2) is 5.01. The standard InChI is InChI=1S/C8H6N4S2.C3H8/c1-3-5-7(11-13-9-5)4(2)8-6(3)10-14-12-8;1-3-2/h1-2H3;3H2,1-2H3. The van der Waals surface area contributed by atoms with Crippen molar-refractivity contribution in [2.45, 2.75) is 34.1 Å². The molecule has 1 aromatic carbocycles. The van der Waals surface area contributed by atoms with Gasteiger partial charge in [0.1, 0.15) is 22.4 Å². The zero-order valence-corrected chi connectivity index (χ0v) is 11.9.